The molecule has 0 aliphatic carbocycles. The van der Waals surface area contributed by atoms with Crippen LogP contribution in [0.15, 0.2) is 19.4 Å². The number of hydrogen-bond donors (Lipinski definition) is 0. The molecule has 0 radical (unpaired) electrons. The molecule has 1 aliphatic rings. The van der Waals surface area contributed by atoms with Crippen molar-refractivity contribution in [2.45, 2.75) is 39.0 Å². The first-order chi connectivity index (χ1) is 11.3. The predicted octanol–water partition coefficient (Wildman–Crippen LogP) is 2.50. The molecular formula is C18H21FN2O3. The summed E-state index contributed by atoms with van der Waals surface area (Å²) in [5.41, 5.74) is 1.65. The SMILES string of the molecule is C=Cc1c(C(C)=O)cn(CC(=O)N2CC(F)CC2C(C)=O)c1C=C. The number of rotatable bonds is 6. The topological polar surface area (TPSA) is 59.4 Å². The van der Waals surface area contributed by atoms with Gasteiger partial charge in [0.25, 0.3) is 0 Å². The monoisotopic (exact) mass is 332 g/mol. The molecule has 1 saturated heterocycles. The summed E-state index contributed by atoms with van der Waals surface area (Å²) in [5, 5.41) is 0. The van der Waals surface area contributed by atoms with Crippen molar-refractivity contribution in [1.82, 2.24) is 9.47 Å². The largest absolute Gasteiger partial charge is 0.337 e. The zero-order valence-electron chi connectivity index (χ0n) is 13.9. The van der Waals surface area contributed by atoms with E-state index in [1.807, 2.05) is 0 Å². The maximum atomic E-state index is 13.6. The molecule has 1 amide bonds. The molecule has 24 heavy (non-hydrogen) atoms. The Labute approximate surface area is 140 Å². The summed E-state index contributed by atoms with van der Waals surface area (Å²) in [4.78, 5) is 37.2. The van der Waals surface area contributed by atoms with Crippen LogP contribution in [0.4, 0.5) is 4.39 Å². The van der Waals surface area contributed by atoms with Gasteiger partial charge in [-0.1, -0.05) is 19.2 Å². The van der Waals surface area contributed by atoms with Crippen molar-refractivity contribution in [2.24, 2.45) is 0 Å². The van der Waals surface area contributed by atoms with E-state index in [4.69, 9.17) is 0 Å². The molecule has 0 saturated carbocycles. The van der Waals surface area contributed by atoms with Gasteiger partial charge in [0.15, 0.2) is 11.6 Å². The first kappa shape index (κ1) is 17.8. The number of halogens is 1. The zero-order valence-corrected chi connectivity index (χ0v) is 13.9. The lowest BCUT2D eigenvalue weighted by molar-refractivity contribution is -0.137. The van der Waals surface area contributed by atoms with Crippen molar-refractivity contribution in [3.05, 3.63) is 36.2 Å². The minimum atomic E-state index is -1.19. The molecule has 6 heteroatoms. The van der Waals surface area contributed by atoms with Crippen molar-refractivity contribution in [2.75, 3.05) is 6.54 Å². The molecule has 2 atom stereocenters. The Kier molecular flexibility index (Phi) is 5.17. The standard InChI is InChI=1S/C18H21FN2O3/c1-5-14-15(11(3)22)9-20(16(14)6-2)10-18(24)21-8-13(19)7-17(21)12(4)23/h5-6,9,13,17H,1-2,7-8,10H2,3-4H3. The van der Waals surface area contributed by atoms with Crippen LogP contribution in [0.2, 0.25) is 0 Å². The lowest BCUT2D eigenvalue weighted by Crippen LogP contribution is -2.41. The fraction of sp³-hybridized carbons (Fsp3) is 0.389. The number of nitrogens with zero attached hydrogens (tertiary/aromatic N) is 2. The maximum absolute atomic E-state index is 13.6. The quantitative estimate of drug-likeness (QED) is 0.752. The smallest absolute Gasteiger partial charge is 0.243 e. The molecule has 0 bridgehead atoms. The minimum Gasteiger partial charge on any atom is -0.337 e. The fourth-order valence-corrected chi connectivity index (χ4v) is 3.12. The number of carbonyl (C=O) groups is 3. The first-order valence-electron chi connectivity index (χ1n) is 7.73. The Morgan fingerprint density at radius 2 is 1.96 bits per heavy atom. The highest BCUT2D eigenvalue weighted by Gasteiger charge is 2.38. The zero-order chi connectivity index (χ0) is 18.0. The summed E-state index contributed by atoms with van der Waals surface area (Å²) in [7, 11) is 0. The van der Waals surface area contributed by atoms with Crippen molar-refractivity contribution in [3.8, 4) is 0 Å². The Morgan fingerprint density at radius 1 is 1.29 bits per heavy atom. The number of amides is 1. The number of hydrogen-bond acceptors (Lipinski definition) is 3. The molecule has 0 N–H and O–H groups in total. The number of Topliss-reactive ketones (excluding diaryl/α,β-unsaturated/α-hetero) is 2. The van der Waals surface area contributed by atoms with Gasteiger partial charge >= 0.3 is 0 Å². The predicted molar refractivity (Wildman–Crippen MR) is 90.3 cm³/mol. The van der Waals surface area contributed by atoms with Crippen LogP contribution >= 0.6 is 0 Å². The number of likely N-dealkylation sites (tertiary alicyclic amines) is 1. The third-order valence-electron chi connectivity index (χ3n) is 4.28. The molecule has 5 nitrogen and oxygen atoms in total. The van der Waals surface area contributed by atoms with E-state index in [-0.39, 0.29) is 37.0 Å². The molecule has 0 aromatic carbocycles. The minimum absolute atomic E-state index is 0.0394. The normalized spacial score (nSPS) is 20.0. The second-order valence-electron chi connectivity index (χ2n) is 5.94. The van der Waals surface area contributed by atoms with Gasteiger partial charge < -0.3 is 9.47 Å². The summed E-state index contributed by atoms with van der Waals surface area (Å²) in [6.07, 6.45) is 3.50. The molecule has 2 heterocycles. The summed E-state index contributed by atoms with van der Waals surface area (Å²) < 4.78 is 15.2. The van der Waals surface area contributed by atoms with Gasteiger partial charge in [-0.15, -0.1) is 0 Å². The Morgan fingerprint density at radius 3 is 2.46 bits per heavy atom. The molecule has 0 spiro atoms. The van der Waals surface area contributed by atoms with Crippen molar-refractivity contribution in [1.29, 1.82) is 0 Å². The third-order valence-corrected chi connectivity index (χ3v) is 4.28. The van der Waals surface area contributed by atoms with E-state index in [1.165, 1.54) is 18.7 Å². The van der Waals surface area contributed by atoms with E-state index in [1.54, 1.807) is 22.9 Å². The number of aromatic nitrogens is 1. The van der Waals surface area contributed by atoms with Crippen LogP contribution in [0.1, 0.15) is 41.9 Å². The summed E-state index contributed by atoms with van der Waals surface area (Å²) in [6.45, 7) is 10.0. The van der Waals surface area contributed by atoms with Crippen LogP contribution in [0.25, 0.3) is 12.2 Å². The summed E-state index contributed by atoms with van der Waals surface area (Å²) >= 11 is 0. The van der Waals surface area contributed by atoms with Crippen molar-refractivity contribution >= 4 is 29.6 Å². The highest BCUT2D eigenvalue weighted by Crippen LogP contribution is 2.24. The van der Waals surface area contributed by atoms with Gasteiger partial charge in [0, 0.05) is 29.4 Å². The molecule has 2 rings (SSSR count). The second kappa shape index (κ2) is 6.95. The lowest BCUT2D eigenvalue weighted by Gasteiger charge is -2.22. The fourth-order valence-electron chi connectivity index (χ4n) is 3.12. The van der Waals surface area contributed by atoms with Crippen LogP contribution in [0, 0.1) is 0 Å². The Balaban J connectivity index is 2.32. The molecular weight excluding hydrogens is 311 g/mol. The Hall–Kier alpha value is -2.50. The molecule has 1 aromatic heterocycles. The molecule has 1 fully saturated rings. The lowest BCUT2D eigenvalue weighted by atomic mass is 10.1. The Bertz CT molecular complexity index is 720. The van der Waals surface area contributed by atoms with Crippen molar-refractivity contribution < 1.29 is 18.8 Å². The number of ketones is 2. The summed E-state index contributed by atoms with van der Waals surface area (Å²) in [5.74, 6) is -0.735. The van der Waals surface area contributed by atoms with Gasteiger partial charge in [-0.25, -0.2) is 4.39 Å². The molecule has 2 unspecified atom stereocenters. The van der Waals surface area contributed by atoms with E-state index in [2.05, 4.69) is 13.2 Å². The van der Waals surface area contributed by atoms with Crippen LogP contribution < -0.4 is 0 Å². The molecule has 128 valence electrons. The van der Waals surface area contributed by atoms with Gasteiger partial charge in [0.1, 0.15) is 12.7 Å². The maximum Gasteiger partial charge on any atom is 0.243 e. The highest BCUT2D eigenvalue weighted by molar-refractivity contribution is 5.99. The van der Waals surface area contributed by atoms with Gasteiger partial charge in [0.05, 0.1) is 12.6 Å². The second-order valence-corrected chi connectivity index (χ2v) is 5.94. The van der Waals surface area contributed by atoms with Crippen LogP contribution in [0.5, 0.6) is 0 Å². The van der Waals surface area contributed by atoms with E-state index in [0.717, 1.165) is 0 Å². The van der Waals surface area contributed by atoms with Crippen LogP contribution in [-0.2, 0) is 16.1 Å². The first-order valence-corrected chi connectivity index (χ1v) is 7.73. The van der Waals surface area contributed by atoms with E-state index in [0.29, 0.717) is 16.8 Å². The van der Waals surface area contributed by atoms with Crippen LogP contribution in [-0.4, -0.2) is 45.7 Å². The number of carbonyl (C=O) groups excluding carboxylic acids is 3. The van der Waals surface area contributed by atoms with Gasteiger partial charge in [-0.2, -0.15) is 0 Å². The van der Waals surface area contributed by atoms with Gasteiger partial charge in [-0.3, -0.25) is 14.4 Å². The average molecular weight is 332 g/mol. The van der Waals surface area contributed by atoms with Gasteiger partial charge in [-0.05, 0) is 19.9 Å². The van der Waals surface area contributed by atoms with Gasteiger partial charge in [0.2, 0.25) is 5.91 Å². The van der Waals surface area contributed by atoms with Crippen LogP contribution in [0.3, 0.4) is 0 Å². The van der Waals surface area contributed by atoms with E-state index >= 15 is 0 Å². The molecule has 1 aromatic rings. The number of alkyl halides is 1. The third kappa shape index (κ3) is 3.22. The highest BCUT2D eigenvalue weighted by atomic mass is 19.1. The average Bonchev–Trinajstić information content (AvgIpc) is 3.07. The summed E-state index contributed by atoms with van der Waals surface area (Å²) in [6, 6.07) is -0.721. The van der Waals surface area contributed by atoms with E-state index < -0.39 is 12.2 Å². The molecule has 1 aliphatic heterocycles. The van der Waals surface area contributed by atoms with Crippen molar-refractivity contribution in [3.63, 3.8) is 0 Å². The van der Waals surface area contributed by atoms with E-state index in [9.17, 15) is 18.8 Å².